The molecule has 4 heteroatoms. The van der Waals surface area contributed by atoms with Crippen LogP contribution in [0.3, 0.4) is 0 Å². The average Bonchev–Trinajstić information content (AvgIpc) is 2.91. The Bertz CT molecular complexity index is 592. The molecule has 0 unspecified atom stereocenters. The molecule has 1 aromatic carbocycles. The highest BCUT2D eigenvalue weighted by Crippen LogP contribution is 2.24. The quantitative estimate of drug-likeness (QED) is 0.854. The summed E-state index contributed by atoms with van der Waals surface area (Å²) in [5, 5.41) is 4.04. The number of nitrogens with zero attached hydrogens (tertiary/aromatic N) is 1. The first kappa shape index (κ1) is 12.2. The second-order valence-corrected chi connectivity index (χ2v) is 5.64. The molecule has 98 valence electrons. The highest BCUT2D eigenvalue weighted by atomic mass is 32.1. The van der Waals surface area contributed by atoms with Crippen molar-refractivity contribution >= 4 is 22.9 Å². The van der Waals surface area contributed by atoms with Crippen LogP contribution in [-0.4, -0.2) is 17.4 Å². The van der Waals surface area contributed by atoms with Crippen molar-refractivity contribution in [2.24, 2.45) is 0 Å². The van der Waals surface area contributed by atoms with Crippen LogP contribution in [0.1, 0.15) is 16.7 Å². The van der Waals surface area contributed by atoms with Crippen LogP contribution in [0.5, 0.6) is 0 Å². The fourth-order valence-corrected chi connectivity index (χ4v) is 3.20. The number of rotatable bonds is 2. The van der Waals surface area contributed by atoms with Crippen LogP contribution in [-0.2, 0) is 24.2 Å². The smallest absolute Gasteiger partial charge is 0.227 e. The van der Waals surface area contributed by atoms with Gasteiger partial charge in [-0.25, -0.2) is 0 Å². The molecule has 0 aliphatic carbocycles. The molecule has 0 saturated heterocycles. The number of carbonyl (C=O) groups is 1. The minimum absolute atomic E-state index is 0.200. The third-order valence-electron chi connectivity index (χ3n) is 3.59. The Kier molecular flexibility index (Phi) is 3.25. The molecule has 3 rings (SSSR count). The summed E-state index contributed by atoms with van der Waals surface area (Å²) in [6, 6.07) is 7.97. The van der Waals surface area contributed by atoms with Crippen molar-refractivity contribution < 1.29 is 4.79 Å². The lowest BCUT2D eigenvalue weighted by atomic mass is 9.97. The zero-order valence-corrected chi connectivity index (χ0v) is 11.5. The van der Waals surface area contributed by atoms with Gasteiger partial charge in [0.1, 0.15) is 0 Å². The Morgan fingerprint density at radius 3 is 3.05 bits per heavy atom. The Balaban J connectivity index is 1.73. The van der Waals surface area contributed by atoms with Gasteiger partial charge in [-0.2, -0.15) is 11.3 Å². The molecule has 1 aliphatic heterocycles. The van der Waals surface area contributed by atoms with Crippen LogP contribution in [0.4, 0.5) is 5.69 Å². The molecule has 2 aromatic rings. The summed E-state index contributed by atoms with van der Waals surface area (Å²) in [7, 11) is 0. The number of nitrogen functional groups attached to an aromatic ring is 1. The van der Waals surface area contributed by atoms with E-state index in [2.05, 4.69) is 6.07 Å². The summed E-state index contributed by atoms with van der Waals surface area (Å²) in [6.45, 7) is 1.45. The van der Waals surface area contributed by atoms with Crippen molar-refractivity contribution in [1.29, 1.82) is 0 Å². The van der Waals surface area contributed by atoms with E-state index in [1.165, 1.54) is 11.1 Å². The number of benzene rings is 1. The van der Waals surface area contributed by atoms with E-state index in [4.69, 9.17) is 5.73 Å². The molecular weight excluding hydrogens is 256 g/mol. The first-order valence-electron chi connectivity index (χ1n) is 6.39. The summed E-state index contributed by atoms with van der Waals surface area (Å²) < 4.78 is 0. The number of nitrogens with two attached hydrogens (primary N) is 1. The van der Waals surface area contributed by atoms with Crippen LogP contribution < -0.4 is 5.73 Å². The molecule has 0 spiro atoms. The van der Waals surface area contributed by atoms with Crippen molar-refractivity contribution in [3.05, 3.63) is 51.7 Å². The predicted molar refractivity (Wildman–Crippen MR) is 78.0 cm³/mol. The highest BCUT2D eigenvalue weighted by molar-refractivity contribution is 7.07. The first-order chi connectivity index (χ1) is 9.24. The molecule has 0 fully saturated rings. The van der Waals surface area contributed by atoms with Crippen molar-refractivity contribution in [2.45, 2.75) is 19.4 Å². The van der Waals surface area contributed by atoms with Gasteiger partial charge in [0, 0.05) is 18.8 Å². The Morgan fingerprint density at radius 1 is 1.37 bits per heavy atom. The number of hydrogen-bond acceptors (Lipinski definition) is 3. The SMILES string of the molecule is Nc1cccc2c1CCN(C(=O)Cc1ccsc1)C2. The van der Waals surface area contributed by atoms with E-state index in [9.17, 15) is 4.79 Å². The molecule has 1 aromatic heterocycles. The largest absolute Gasteiger partial charge is 0.398 e. The molecule has 19 heavy (non-hydrogen) atoms. The van der Waals surface area contributed by atoms with Crippen LogP contribution in [0.25, 0.3) is 0 Å². The van der Waals surface area contributed by atoms with Gasteiger partial charge in [0.25, 0.3) is 0 Å². The van der Waals surface area contributed by atoms with Gasteiger partial charge in [0.15, 0.2) is 0 Å². The van der Waals surface area contributed by atoms with Gasteiger partial charge in [-0.3, -0.25) is 4.79 Å². The van der Waals surface area contributed by atoms with Gasteiger partial charge in [-0.15, -0.1) is 0 Å². The van der Waals surface area contributed by atoms with Crippen LogP contribution in [0, 0.1) is 0 Å². The maximum atomic E-state index is 12.3. The normalized spacial score (nSPS) is 14.2. The number of amides is 1. The van der Waals surface area contributed by atoms with E-state index in [1.54, 1.807) is 11.3 Å². The van der Waals surface area contributed by atoms with Gasteiger partial charge in [0.2, 0.25) is 5.91 Å². The fraction of sp³-hybridized carbons (Fsp3) is 0.267. The van der Waals surface area contributed by atoms with Gasteiger partial charge in [-0.1, -0.05) is 12.1 Å². The van der Waals surface area contributed by atoms with E-state index < -0.39 is 0 Å². The molecule has 1 aliphatic rings. The zero-order chi connectivity index (χ0) is 13.2. The molecule has 0 radical (unpaired) electrons. The minimum Gasteiger partial charge on any atom is -0.398 e. The number of anilines is 1. The summed E-state index contributed by atoms with van der Waals surface area (Å²) in [4.78, 5) is 14.2. The number of hydrogen-bond donors (Lipinski definition) is 1. The summed E-state index contributed by atoms with van der Waals surface area (Å²) in [5.41, 5.74) is 10.3. The maximum Gasteiger partial charge on any atom is 0.227 e. The van der Waals surface area contributed by atoms with Crippen molar-refractivity contribution in [3.8, 4) is 0 Å². The Labute approximate surface area is 116 Å². The third kappa shape index (κ3) is 2.49. The zero-order valence-electron chi connectivity index (χ0n) is 10.6. The van der Waals surface area contributed by atoms with Gasteiger partial charge in [-0.05, 0) is 46.0 Å². The molecule has 1 amide bonds. The lowest BCUT2D eigenvalue weighted by Gasteiger charge is -2.29. The predicted octanol–water partition coefficient (Wildman–Crippen LogP) is 2.46. The third-order valence-corrected chi connectivity index (χ3v) is 4.32. The highest BCUT2D eigenvalue weighted by Gasteiger charge is 2.21. The van der Waals surface area contributed by atoms with Crippen molar-refractivity contribution in [2.75, 3.05) is 12.3 Å². The second kappa shape index (κ2) is 5.05. The number of fused-ring (bicyclic) bond motifs is 1. The summed E-state index contributed by atoms with van der Waals surface area (Å²) in [6.07, 6.45) is 1.36. The maximum absolute atomic E-state index is 12.3. The minimum atomic E-state index is 0.200. The molecule has 0 saturated carbocycles. The molecule has 2 N–H and O–H groups in total. The van der Waals surface area contributed by atoms with Crippen LogP contribution in [0.2, 0.25) is 0 Å². The van der Waals surface area contributed by atoms with E-state index in [1.807, 2.05) is 33.9 Å². The van der Waals surface area contributed by atoms with E-state index in [0.29, 0.717) is 13.0 Å². The summed E-state index contributed by atoms with van der Waals surface area (Å²) >= 11 is 1.63. The standard InChI is InChI=1S/C15H16N2OS/c16-14-3-1-2-12-9-17(6-4-13(12)14)15(18)8-11-5-7-19-10-11/h1-3,5,7,10H,4,6,8-9,16H2. The monoisotopic (exact) mass is 272 g/mol. The molecule has 3 nitrogen and oxygen atoms in total. The lowest BCUT2D eigenvalue weighted by Crippen LogP contribution is -2.37. The summed E-state index contributed by atoms with van der Waals surface area (Å²) in [5.74, 6) is 0.200. The van der Waals surface area contributed by atoms with Gasteiger partial charge < -0.3 is 10.6 Å². The molecule has 2 heterocycles. The van der Waals surface area contributed by atoms with Crippen LogP contribution >= 0.6 is 11.3 Å². The number of thiophene rings is 1. The average molecular weight is 272 g/mol. The lowest BCUT2D eigenvalue weighted by molar-refractivity contribution is -0.131. The topological polar surface area (TPSA) is 46.3 Å². The Hall–Kier alpha value is -1.81. The van der Waals surface area contributed by atoms with E-state index >= 15 is 0 Å². The molecular formula is C15H16N2OS. The van der Waals surface area contributed by atoms with Crippen molar-refractivity contribution in [3.63, 3.8) is 0 Å². The first-order valence-corrected chi connectivity index (χ1v) is 7.33. The van der Waals surface area contributed by atoms with Crippen LogP contribution in [0.15, 0.2) is 35.0 Å². The fourth-order valence-electron chi connectivity index (χ4n) is 2.53. The number of carbonyl (C=O) groups excluding carboxylic acids is 1. The van der Waals surface area contributed by atoms with E-state index in [-0.39, 0.29) is 5.91 Å². The van der Waals surface area contributed by atoms with Gasteiger partial charge >= 0.3 is 0 Å². The van der Waals surface area contributed by atoms with Crippen molar-refractivity contribution in [1.82, 2.24) is 4.90 Å². The Morgan fingerprint density at radius 2 is 2.26 bits per heavy atom. The second-order valence-electron chi connectivity index (χ2n) is 4.86. The van der Waals surface area contributed by atoms with Gasteiger partial charge in [0.05, 0.1) is 6.42 Å². The van der Waals surface area contributed by atoms with E-state index in [0.717, 1.165) is 24.2 Å². The molecule has 0 bridgehead atoms. The molecule has 0 atom stereocenters.